The molecule has 6 heteroatoms. The van der Waals surface area contributed by atoms with Gasteiger partial charge < -0.3 is 5.32 Å². The van der Waals surface area contributed by atoms with E-state index in [1.54, 1.807) is 6.07 Å². The molecule has 20 heavy (non-hydrogen) atoms. The summed E-state index contributed by atoms with van der Waals surface area (Å²) in [6.07, 6.45) is -4.33. The van der Waals surface area contributed by atoms with E-state index in [2.05, 4.69) is 21.2 Å². The van der Waals surface area contributed by atoms with E-state index in [4.69, 9.17) is 0 Å². The van der Waals surface area contributed by atoms with Crippen molar-refractivity contribution in [3.05, 3.63) is 45.2 Å². The van der Waals surface area contributed by atoms with Gasteiger partial charge in [-0.25, -0.2) is 0 Å². The van der Waals surface area contributed by atoms with E-state index in [1.807, 2.05) is 19.1 Å². The first kappa shape index (κ1) is 15.5. The van der Waals surface area contributed by atoms with E-state index in [1.165, 1.54) is 17.4 Å². The molecule has 0 fully saturated rings. The Morgan fingerprint density at radius 2 is 1.95 bits per heavy atom. The van der Waals surface area contributed by atoms with E-state index in [-0.39, 0.29) is 0 Å². The Morgan fingerprint density at radius 3 is 2.60 bits per heavy atom. The molecule has 0 saturated carbocycles. The van der Waals surface area contributed by atoms with Crippen LogP contribution in [0.4, 0.5) is 13.2 Å². The fourth-order valence-electron chi connectivity index (χ4n) is 1.77. The highest BCUT2D eigenvalue weighted by atomic mass is 79.9. The minimum Gasteiger partial charge on any atom is -0.312 e. The van der Waals surface area contributed by atoms with Gasteiger partial charge in [-0.2, -0.15) is 13.2 Å². The summed E-state index contributed by atoms with van der Waals surface area (Å²) >= 11 is 4.65. The summed E-state index contributed by atoms with van der Waals surface area (Å²) in [4.78, 5) is 1.94. The first-order chi connectivity index (χ1) is 9.40. The van der Waals surface area contributed by atoms with Crippen LogP contribution in [0.15, 0.2) is 34.8 Å². The van der Waals surface area contributed by atoms with Gasteiger partial charge in [0.1, 0.15) is 0 Å². The van der Waals surface area contributed by atoms with Gasteiger partial charge in [0.25, 0.3) is 0 Å². The number of alkyl halides is 3. The first-order valence-corrected chi connectivity index (χ1v) is 7.68. The second kappa shape index (κ2) is 6.28. The van der Waals surface area contributed by atoms with E-state index >= 15 is 0 Å². The molecule has 1 heterocycles. The average molecular weight is 364 g/mol. The molecule has 0 unspecified atom stereocenters. The van der Waals surface area contributed by atoms with Crippen LogP contribution >= 0.6 is 27.3 Å². The fourth-order valence-corrected chi connectivity index (χ4v) is 3.23. The Hall–Kier alpha value is -0.850. The lowest BCUT2D eigenvalue weighted by molar-refractivity contribution is -0.137. The summed E-state index contributed by atoms with van der Waals surface area (Å²) in [5.74, 6) is 0. The Labute approximate surface area is 128 Å². The SMILES string of the molecule is CCNCc1ccc(-c2cc(Br)cc(C(F)(F)F)c2)s1. The molecule has 1 aromatic heterocycles. The van der Waals surface area contributed by atoms with Gasteiger partial charge in [-0.3, -0.25) is 0 Å². The van der Waals surface area contributed by atoms with Crippen molar-refractivity contribution in [1.29, 1.82) is 0 Å². The molecule has 108 valence electrons. The van der Waals surface area contributed by atoms with Crippen LogP contribution in [-0.4, -0.2) is 6.54 Å². The third-order valence-corrected chi connectivity index (χ3v) is 4.31. The molecule has 0 bridgehead atoms. The van der Waals surface area contributed by atoms with Crippen molar-refractivity contribution < 1.29 is 13.2 Å². The van der Waals surface area contributed by atoms with Crippen LogP contribution in [0.25, 0.3) is 10.4 Å². The van der Waals surface area contributed by atoms with Gasteiger partial charge in [-0.1, -0.05) is 22.9 Å². The van der Waals surface area contributed by atoms with Crippen molar-refractivity contribution >= 4 is 27.3 Å². The average Bonchev–Trinajstić information content (AvgIpc) is 2.83. The molecular weight excluding hydrogens is 351 g/mol. The number of nitrogens with one attached hydrogen (secondary N) is 1. The van der Waals surface area contributed by atoms with Crippen LogP contribution in [-0.2, 0) is 12.7 Å². The summed E-state index contributed by atoms with van der Waals surface area (Å²) < 4.78 is 38.9. The molecule has 2 rings (SSSR count). The van der Waals surface area contributed by atoms with Crippen molar-refractivity contribution in [3.63, 3.8) is 0 Å². The first-order valence-electron chi connectivity index (χ1n) is 6.07. The summed E-state index contributed by atoms with van der Waals surface area (Å²) in [6, 6.07) is 7.79. The number of halogens is 4. The lowest BCUT2D eigenvalue weighted by Crippen LogP contribution is -2.10. The third-order valence-electron chi connectivity index (χ3n) is 2.72. The van der Waals surface area contributed by atoms with Gasteiger partial charge in [0, 0.05) is 20.8 Å². The van der Waals surface area contributed by atoms with Gasteiger partial charge >= 0.3 is 6.18 Å². The normalized spacial score (nSPS) is 11.8. The van der Waals surface area contributed by atoms with Crippen molar-refractivity contribution in [3.8, 4) is 10.4 Å². The van der Waals surface area contributed by atoms with Crippen LogP contribution in [0.1, 0.15) is 17.4 Å². The summed E-state index contributed by atoms with van der Waals surface area (Å²) in [5, 5.41) is 3.20. The lowest BCUT2D eigenvalue weighted by Gasteiger charge is -2.09. The molecule has 1 nitrogen and oxygen atoms in total. The van der Waals surface area contributed by atoms with Crippen LogP contribution in [0.3, 0.4) is 0 Å². The monoisotopic (exact) mass is 363 g/mol. The number of hydrogen-bond acceptors (Lipinski definition) is 2. The summed E-state index contributed by atoms with van der Waals surface area (Å²) in [6.45, 7) is 3.61. The number of benzene rings is 1. The molecule has 0 aliphatic heterocycles. The molecule has 0 saturated heterocycles. The second-order valence-corrected chi connectivity index (χ2v) is 6.36. The largest absolute Gasteiger partial charge is 0.416 e. The zero-order chi connectivity index (χ0) is 14.8. The lowest BCUT2D eigenvalue weighted by atomic mass is 10.1. The molecule has 0 amide bonds. The van der Waals surface area contributed by atoms with Gasteiger partial charge in [-0.05, 0) is 42.4 Å². The molecule has 1 aromatic carbocycles. The minimum atomic E-state index is -4.33. The van der Waals surface area contributed by atoms with Crippen molar-refractivity contribution in [2.45, 2.75) is 19.6 Å². The number of rotatable bonds is 4. The highest BCUT2D eigenvalue weighted by Crippen LogP contribution is 2.36. The molecular formula is C14H13BrF3NS. The van der Waals surface area contributed by atoms with E-state index < -0.39 is 11.7 Å². The van der Waals surface area contributed by atoms with Gasteiger partial charge in [0.05, 0.1) is 5.56 Å². The fraction of sp³-hybridized carbons (Fsp3) is 0.286. The predicted octanol–water partition coefficient (Wildman–Crippen LogP) is 5.31. The maximum atomic E-state index is 12.8. The Morgan fingerprint density at radius 1 is 1.20 bits per heavy atom. The van der Waals surface area contributed by atoms with Crippen LogP contribution in [0.5, 0.6) is 0 Å². The Kier molecular flexibility index (Phi) is 4.88. The Balaban J connectivity index is 2.32. The van der Waals surface area contributed by atoms with Crippen molar-refractivity contribution in [2.75, 3.05) is 6.54 Å². The van der Waals surface area contributed by atoms with E-state index in [9.17, 15) is 13.2 Å². The molecule has 0 aliphatic carbocycles. The van der Waals surface area contributed by atoms with Gasteiger partial charge in [0.15, 0.2) is 0 Å². The number of hydrogen-bond donors (Lipinski definition) is 1. The van der Waals surface area contributed by atoms with Gasteiger partial charge in [-0.15, -0.1) is 11.3 Å². The van der Waals surface area contributed by atoms with Crippen LogP contribution in [0.2, 0.25) is 0 Å². The quantitative estimate of drug-likeness (QED) is 0.776. The van der Waals surface area contributed by atoms with Crippen molar-refractivity contribution in [1.82, 2.24) is 5.32 Å². The zero-order valence-corrected chi connectivity index (χ0v) is 13.1. The summed E-state index contributed by atoms with van der Waals surface area (Å²) in [5.41, 5.74) is -0.0528. The second-order valence-electron chi connectivity index (χ2n) is 4.27. The third kappa shape index (κ3) is 3.84. The van der Waals surface area contributed by atoms with Crippen LogP contribution in [0, 0.1) is 0 Å². The topological polar surface area (TPSA) is 12.0 Å². The maximum absolute atomic E-state index is 12.8. The van der Waals surface area contributed by atoms with Gasteiger partial charge in [0.2, 0.25) is 0 Å². The molecule has 0 spiro atoms. The molecule has 0 aliphatic rings. The molecule has 2 aromatic rings. The highest BCUT2D eigenvalue weighted by Gasteiger charge is 2.31. The van der Waals surface area contributed by atoms with Crippen LogP contribution < -0.4 is 5.32 Å². The van der Waals surface area contributed by atoms with Crippen molar-refractivity contribution in [2.24, 2.45) is 0 Å². The zero-order valence-electron chi connectivity index (χ0n) is 10.7. The van der Waals surface area contributed by atoms with E-state index in [0.717, 1.165) is 28.9 Å². The molecule has 0 radical (unpaired) electrons. The smallest absolute Gasteiger partial charge is 0.312 e. The molecule has 1 N–H and O–H groups in total. The minimum absolute atomic E-state index is 0.434. The Bertz CT molecular complexity index is 592. The standard InChI is InChI=1S/C14H13BrF3NS/c1-2-19-8-12-3-4-13(20-12)9-5-10(14(16,17)18)7-11(15)6-9/h3-7,19H,2,8H2,1H3. The maximum Gasteiger partial charge on any atom is 0.416 e. The molecule has 0 atom stereocenters. The predicted molar refractivity (Wildman–Crippen MR) is 79.8 cm³/mol. The van der Waals surface area contributed by atoms with E-state index in [0.29, 0.717) is 10.0 Å². The number of thiophene rings is 1. The highest BCUT2D eigenvalue weighted by molar-refractivity contribution is 9.10. The summed E-state index contributed by atoms with van der Waals surface area (Å²) in [7, 11) is 0.